The molecule has 0 saturated carbocycles. The predicted octanol–water partition coefficient (Wildman–Crippen LogP) is 7.02. The molecule has 0 unspecified atom stereocenters. The van der Waals surface area contributed by atoms with Crippen molar-refractivity contribution in [2.45, 2.75) is 13.2 Å². The van der Waals surface area contributed by atoms with Gasteiger partial charge in [0.05, 0.1) is 17.0 Å². The minimum absolute atomic E-state index is 0.000276. The Balaban J connectivity index is 1.64. The van der Waals surface area contributed by atoms with Gasteiger partial charge in [-0.15, -0.1) is 0 Å². The van der Waals surface area contributed by atoms with Crippen LogP contribution in [-0.4, -0.2) is 16.1 Å². The molecule has 0 amide bonds. The molecule has 4 aromatic rings. The molecule has 0 radical (unpaired) electrons. The smallest absolute Gasteiger partial charge is 0.337 e. The van der Waals surface area contributed by atoms with E-state index in [1.807, 2.05) is 48.5 Å². The molecule has 7 heteroatoms. The maximum Gasteiger partial charge on any atom is 0.337 e. The molecule has 4 rings (SSSR count). The number of pyridine rings is 1. The van der Waals surface area contributed by atoms with Gasteiger partial charge in [-0.05, 0) is 54.1 Å². The Hall–Kier alpha value is -3.35. The summed E-state index contributed by atoms with van der Waals surface area (Å²) in [6.45, 7) is 0.361. The SMILES string of the molecule is O=C(O)c1ccc(-c2ccc(Cl)cc2OCc2ccccc2)nc1COc1cccc(Br)c1. The number of hydrogen-bond acceptors (Lipinski definition) is 4. The fourth-order valence-corrected chi connectivity index (χ4v) is 3.77. The van der Waals surface area contributed by atoms with Crippen molar-refractivity contribution in [3.8, 4) is 22.8 Å². The second kappa shape index (κ2) is 10.5. The average molecular weight is 525 g/mol. The number of ether oxygens (including phenoxy) is 2. The van der Waals surface area contributed by atoms with Crippen LogP contribution in [-0.2, 0) is 13.2 Å². The van der Waals surface area contributed by atoms with E-state index in [1.165, 1.54) is 6.07 Å². The first kappa shape index (κ1) is 22.8. The number of carboxylic acid groups (broad SMARTS) is 1. The lowest BCUT2D eigenvalue weighted by molar-refractivity contribution is 0.0693. The fourth-order valence-electron chi connectivity index (χ4n) is 3.23. The van der Waals surface area contributed by atoms with Crippen molar-refractivity contribution >= 4 is 33.5 Å². The summed E-state index contributed by atoms with van der Waals surface area (Å²) in [5.41, 5.74) is 2.67. The van der Waals surface area contributed by atoms with Crippen LogP contribution in [0.1, 0.15) is 21.6 Å². The second-order valence-electron chi connectivity index (χ2n) is 7.16. The summed E-state index contributed by atoms with van der Waals surface area (Å²) < 4.78 is 12.7. The van der Waals surface area contributed by atoms with E-state index in [-0.39, 0.29) is 12.2 Å². The molecular formula is C26H19BrClNO4. The predicted molar refractivity (Wildman–Crippen MR) is 131 cm³/mol. The van der Waals surface area contributed by atoms with Crippen LogP contribution >= 0.6 is 27.5 Å². The second-order valence-corrected chi connectivity index (χ2v) is 8.51. The number of benzene rings is 3. The molecule has 1 N–H and O–H groups in total. The van der Waals surface area contributed by atoms with Gasteiger partial charge in [-0.1, -0.05) is 63.9 Å². The lowest BCUT2D eigenvalue weighted by Gasteiger charge is -2.14. The number of aromatic carboxylic acids is 1. The minimum atomic E-state index is -1.07. The van der Waals surface area contributed by atoms with E-state index < -0.39 is 5.97 Å². The number of aromatic nitrogens is 1. The van der Waals surface area contributed by atoms with Crippen molar-refractivity contribution in [2.24, 2.45) is 0 Å². The molecule has 0 spiro atoms. The molecule has 33 heavy (non-hydrogen) atoms. The third-order valence-corrected chi connectivity index (χ3v) is 5.56. The zero-order chi connectivity index (χ0) is 23.2. The molecular weight excluding hydrogens is 506 g/mol. The molecule has 1 aromatic heterocycles. The van der Waals surface area contributed by atoms with Crippen molar-refractivity contribution in [3.63, 3.8) is 0 Å². The molecule has 0 saturated heterocycles. The number of carboxylic acids is 1. The number of carbonyl (C=O) groups is 1. The van der Waals surface area contributed by atoms with Gasteiger partial charge in [0.1, 0.15) is 24.7 Å². The van der Waals surface area contributed by atoms with E-state index in [9.17, 15) is 9.90 Å². The highest BCUT2D eigenvalue weighted by Crippen LogP contribution is 2.33. The summed E-state index contributed by atoms with van der Waals surface area (Å²) in [5, 5.41) is 10.2. The van der Waals surface area contributed by atoms with Crippen molar-refractivity contribution < 1.29 is 19.4 Å². The fraction of sp³-hybridized carbons (Fsp3) is 0.0769. The van der Waals surface area contributed by atoms with Gasteiger partial charge in [-0.25, -0.2) is 9.78 Å². The van der Waals surface area contributed by atoms with Gasteiger partial charge >= 0.3 is 5.97 Å². The summed E-state index contributed by atoms with van der Waals surface area (Å²) in [5.74, 6) is 0.0885. The quantitative estimate of drug-likeness (QED) is 0.268. The van der Waals surface area contributed by atoms with Crippen molar-refractivity contribution in [2.75, 3.05) is 0 Å². The highest BCUT2D eigenvalue weighted by Gasteiger charge is 2.16. The molecule has 166 valence electrons. The molecule has 0 aliphatic carbocycles. The molecule has 0 aliphatic rings. The van der Waals surface area contributed by atoms with Gasteiger partial charge < -0.3 is 14.6 Å². The van der Waals surface area contributed by atoms with Crippen LogP contribution in [0.2, 0.25) is 5.02 Å². The number of halogens is 2. The topological polar surface area (TPSA) is 68.7 Å². The Labute approximate surface area is 204 Å². The van der Waals surface area contributed by atoms with Crippen LogP contribution in [0, 0.1) is 0 Å². The van der Waals surface area contributed by atoms with Gasteiger partial charge in [0.2, 0.25) is 0 Å². The van der Waals surface area contributed by atoms with E-state index >= 15 is 0 Å². The van der Waals surface area contributed by atoms with E-state index in [0.717, 1.165) is 10.0 Å². The highest BCUT2D eigenvalue weighted by molar-refractivity contribution is 9.10. The first-order valence-corrected chi connectivity index (χ1v) is 11.2. The van der Waals surface area contributed by atoms with E-state index in [1.54, 1.807) is 30.3 Å². The lowest BCUT2D eigenvalue weighted by atomic mass is 10.1. The Morgan fingerprint density at radius 1 is 0.909 bits per heavy atom. The summed E-state index contributed by atoms with van der Waals surface area (Å²) in [4.78, 5) is 16.4. The average Bonchev–Trinajstić information content (AvgIpc) is 2.82. The van der Waals surface area contributed by atoms with Gasteiger partial charge in [0.25, 0.3) is 0 Å². The number of nitrogens with zero attached hydrogens (tertiary/aromatic N) is 1. The van der Waals surface area contributed by atoms with Gasteiger partial charge in [-0.2, -0.15) is 0 Å². The Morgan fingerprint density at radius 3 is 2.48 bits per heavy atom. The Morgan fingerprint density at radius 2 is 1.73 bits per heavy atom. The summed E-state index contributed by atoms with van der Waals surface area (Å²) in [7, 11) is 0. The van der Waals surface area contributed by atoms with Crippen molar-refractivity contribution in [1.82, 2.24) is 4.98 Å². The third-order valence-electron chi connectivity index (χ3n) is 4.83. The van der Waals surface area contributed by atoms with Crippen LogP contribution < -0.4 is 9.47 Å². The molecule has 0 fully saturated rings. The zero-order valence-electron chi connectivity index (χ0n) is 17.4. The summed E-state index contributed by atoms with van der Waals surface area (Å²) >= 11 is 9.61. The normalized spacial score (nSPS) is 10.6. The lowest BCUT2D eigenvalue weighted by Crippen LogP contribution is -2.09. The Kier molecular flexibility index (Phi) is 7.27. The standard InChI is InChI=1S/C26H19BrClNO4/c27-18-7-4-8-20(13-18)32-16-24-22(26(30)31)11-12-23(29-24)21-10-9-19(28)14-25(21)33-15-17-5-2-1-3-6-17/h1-14H,15-16H2,(H,30,31). The summed E-state index contributed by atoms with van der Waals surface area (Å²) in [6.07, 6.45) is 0. The minimum Gasteiger partial charge on any atom is -0.488 e. The van der Waals surface area contributed by atoms with Crippen LogP contribution in [0.4, 0.5) is 0 Å². The Bertz CT molecular complexity index is 1280. The maximum atomic E-state index is 11.8. The van der Waals surface area contributed by atoms with E-state index in [2.05, 4.69) is 20.9 Å². The van der Waals surface area contributed by atoms with Gasteiger partial charge in [-0.3, -0.25) is 0 Å². The third kappa shape index (κ3) is 5.92. The van der Waals surface area contributed by atoms with Crippen molar-refractivity contribution in [1.29, 1.82) is 0 Å². The number of rotatable bonds is 8. The highest BCUT2D eigenvalue weighted by atomic mass is 79.9. The van der Waals surface area contributed by atoms with Gasteiger partial charge in [0, 0.05) is 15.1 Å². The molecule has 0 aliphatic heterocycles. The molecule has 0 bridgehead atoms. The first-order chi connectivity index (χ1) is 16.0. The monoisotopic (exact) mass is 523 g/mol. The summed E-state index contributed by atoms with van der Waals surface area (Å²) in [6, 6.07) is 25.6. The zero-order valence-corrected chi connectivity index (χ0v) is 19.7. The van der Waals surface area contributed by atoms with Gasteiger partial charge in [0.15, 0.2) is 0 Å². The van der Waals surface area contributed by atoms with Crippen molar-refractivity contribution in [3.05, 3.63) is 111 Å². The molecule has 3 aromatic carbocycles. The molecule has 5 nitrogen and oxygen atoms in total. The van der Waals surface area contributed by atoms with E-state index in [0.29, 0.717) is 40.1 Å². The molecule has 1 heterocycles. The van der Waals surface area contributed by atoms with E-state index in [4.69, 9.17) is 21.1 Å². The largest absolute Gasteiger partial charge is 0.488 e. The van der Waals surface area contributed by atoms with Crippen LogP contribution in [0.5, 0.6) is 11.5 Å². The van der Waals surface area contributed by atoms with Crippen LogP contribution in [0.25, 0.3) is 11.3 Å². The maximum absolute atomic E-state index is 11.8. The van der Waals surface area contributed by atoms with Crippen LogP contribution in [0.15, 0.2) is 89.4 Å². The number of hydrogen-bond donors (Lipinski definition) is 1. The molecule has 0 atom stereocenters. The first-order valence-electron chi connectivity index (χ1n) is 10.1. The van der Waals surface area contributed by atoms with Crippen LogP contribution in [0.3, 0.4) is 0 Å².